The Morgan fingerprint density at radius 3 is 2.68 bits per heavy atom. The minimum atomic E-state index is -0.250. The van der Waals surface area contributed by atoms with E-state index >= 15 is 0 Å². The number of nitrogens with one attached hydrogen (secondary N) is 1. The lowest BCUT2D eigenvalue weighted by Gasteiger charge is -2.31. The number of piperidine rings is 1. The number of aromatic nitrogens is 3. The maximum absolute atomic E-state index is 11.8. The van der Waals surface area contributed by atoms with Crippen molar-refractivity contribution in [1.29, 1.82) is 0 Å². The van der Waals surface area contributed by atoms with E-state index in [1.165, 1.54) is 15.3 Å². The number of H-pyrrole nitrogens is 1. The van der Waals surface area contributed by atoms with Gasteiger partial charge < -0.3 is 9.67 Å². The highest BCUT2D eigenvalue weighted by atomic mass is 32.1. The average molecular weight is 401 g/mol. The Hall–Kier alpha value is -2.71. The summed E-state index contributed by atoms with van der Waals surface area (Å²) in [7, 11) is 1.80. The zero-order valence-corrected chi connectivity index (χ0v) is 16.6. The van der Waals surface area contributed by atoms with Crippen molar-refractivity contribution in [2.45, 2.75) is 25.3 Å². The Bertz CT molecular complexity index is 941. The van der Waals surface area contributed by atoms with Gasteiger partial charge in [0.05, 0.1) is 10.6 Å². The minimum Gasteiger partial charge on any atom is -0.483 e. The molecule has 4 heterocycles. The van der Waals surface area contributed by atoms with Gasteiger partial charge in [0, 0.05) is 36.9 Å². The fourth-order valence-electron chi connectivity index (χ4n) is 3.46. The molecule has 4 rings (SSSR count). The third-order valence-electron chi connectivity index (χ3n) is 4.99. The summed E-state index contributed by atoms with van der Waals surface area (Å²) in [5, 5.41) is 13.9. The standard InChI is InChI=1S/C19H22N4OS.CH2O2/c1-22-9-5-15(12-19(22)24)14-6-10-23(11-7-14)13-16-2-3-18(25-16)17-4-8-20-21-17;2-1-3/h2-5,8-9,12,14H,6-7,10-11,13H2,1H3,(H,20,21);1H,(H,2,3). The molecule has 8 heteroatoms. The van der Waals surface area contributed by atoms with Crippen LogP contribution in [0.4, 0.5) is 0 Å². The molecule has 1 fully saturated rings. The maximum atomic E-state index is 11.8. The molecule has 2 N–H and O–H groups in total. The van der Waals surface area contributed by atoms with E-state index in [-0.39, 0.29) is 12.0 Å². The van der Waals surface area contributed by atoms with Crippen LogP contribution in [0.3, 0.4) is 0 Å². The van der Waals surface area contributed by atoms with Gasteiger partial charge in [0.1, 0.15) is 0 Å². The molecule has 148 valence electrons. The third-order valence-corrected chi connectivity index (χ3v) is 6.10. The van der Waals surface area contributed by atoms with Crippen LogP contribution in [-0.4, -0.2) is 44.3 Å². The van der Waals surface area contributed by atoms with Gasteiger partial charge in [0.25, 0.3) is 12.0 Å². The Kier molecular flexibility index (Phi) is 6.78. The number of hydrogen-bond acceptors (Lipinski definition) is 5. The molecule has 1 saturated heterocycles. The Labute approximate surface area is 167 Å². The van der Waals surface area contributed by atoms with Crippen LogP contribution < -0.4 is 5.56 Å². The number of carboxylic acid groups (broad SMARTS) is 1. The first-order valence-corrected chi connectivity index (χ1v) is 9.97. The Balaban J connectivity index is 0.000000706. The van der Waals surface area contributed by atoms with Crippen molar-refractivity contribution in [2.75, 3.05) is 13.1 Å². The minimum absolute atomic E-state index is 0.0878. The molecule has 28 heavy (non-hydrogen) atoms. The number of thiophene rings is 1. The molecule has 0 saturated carbocycles. The molecular formula is C20H24N4O3S. The summed E-state index contributed by atoms with van der Waals surface area (Å²) >= 11 is 1.83. The van der Waals surface area contributed by atoms with E-state index in [1.54, 1.807) is 23.9 Å². The van der Waals surface area contributed by atoms with Crippen molar-refractivity contribution >= 4 is 17.8 Å². The summed E-state index contributed by atoms with van der Waals surface area (Å²) in [6.45, 7) is 2.91. The van der Waals surface area contributed by atoms with Crippen molar-refractivity contribution in [3.05, 3.63) is 63.5 Å². The predicted octanol–water partition coefficient (Wildman–Crippen LogP) is 2.92. The van der Waals surface area contributed by atoms with Gasteiger partial charge in [0.2, 0.25) is 0 Å². The van der Waals surface area contributed by atoms with Gasteiger partial charge in [-0.25, -0.2) is 0 Å². The van der Waals surface area contributed by atoms with E-state index in [4.69, 9.17) is 9.90 Å². The highest BCUT2D eigenvalue weighted by molar-refractivity contribution is 7.15. The monoisotopic (exact) mass is 400 g/mol. The first kappa shape index (κ1) is 20.0. The van der Waals surface area contributed by atoms with E-state index in [2.05, 4.69) is 33.3 Å². The molecule has 0 atom stereocenters. The normalized spacial score (nSPS) is 15.0. The van der Waals surface area contributed by atoms with Crippen LogP contribution in [0.15, 0.2) is 47.5 Å². The number of pyridine rings is 1. The predicted molar refractivity (Wildman–Crippen MR) is 110 cm³/mol. The van der Waals surface area contributed by atoms with Crippen LogP contribution in [0, 0.1) is 0 Å². The fourth-order valence-corrected chi connectivity index (χ4v) is 4.49. The summed E-state index contributed by atoms with van der Waals surface area (Å²) in [6, 6.07) is 10.3. The molecule has 0 aliphatic carbocycles. The lowest BCUT2D eigenvalue weighted by Crippen LogP contribution is -2.32. The second kappa shape index (κ2) is 9.48. The number of nitrogens with zero attached hydrogens (tertiary/aromatic N) is 3. The molecule has 3 aromatic heterocycles. The topological polar surface area (TPSA) is 91.2 Å². The molecular weight excluding hydrogens is 376 g/mol. The highest BCUT2D eigenvalue weighted by Gasteiger charge is 2.21. The fraction of sp³-hybridized carbons (Fsp3) is 0.350. The van der Waals surface area contributed by atoms with Crippen LogP contribution in [0.25, 0.3) is 10.6 Å². The van der Waals surface area contributed by atoms with Gasteiger partial charge in [-0.1, -0.05) is 0 Å². The average Bonchev–Trinajstić information content (AvgIpc) is 3.37. The SMILES string of the molecule is Cn1ccc(C2CCN(Cc3ccc(-c4ccn[nH]4)s3)CC2)cc1=O.O=CO. The van der Waals surface area contributed by atoms with Crippen LogP contribution >= 0.6 is 11.3 Å². The lowest BCUT2D eigenvalue weighted by atomic mass is 9.90. The van der Waals surface area contributed by atoms with E-state index in [9.17, 15) is 4.79 Å². The Morgan fingerprint density at radius 1 is 1.29 bits per heavy atom. The Morgan fingerprint density at radius 2 is 2.04 bits per heavy atom. The number of rotatable bonds is 4. The van der Waals surface area contributed by atoms with Crippen molar-refractivity contribution in [3.63, 3.8) is 0 Å². The van der Waals surface area contributed by atoms with Gasteiger partial charge >= 0.3 is 0 Å². The van der Waals surface area contributed by atoms with Crippen molar-refractivity contribution in [3.8, 4) is 10.6 Å². The maximum Gasteiger partial charge on any atom is 0.290 e. The van der Waals surface area contributed by atoms with Gasteiger partial charge in [-0.15, -0.1) is 11.3 Å². The van der Waals surface area contributed by atoms with Gasteiger partial charge in [-0.2, -0.15) is 5.10 Å². The van der Waals surface area contributed by atoms with Gasteiger partial charge in [-0.05, 0) is 61.7 Å². The van der Waals surface area contributed by atoms with Gasteiger partial charge in [-0.3, -0.25) is 19.6 Å². The molecule has 0 aromatic carbocycles. The largest absolute Gasteiger partial charge is 0.483 e. The van der Waals surface area contributed by atoms with Gasteiger partial charge in [0.15, 0.2) is 0 Å². The number of likely N-dealkylation sites (tertiary alicyclic amines) is 1. The zero-order chi connectivity index (χ0) is 19.9. The van der Waals surface area contributed by atoms with Crippen LogP contribution in [0.1, 0.15) is 29.2 Å². The van der Waals surface area contributed by atoms with Crippen LogP contribution in [-0.2, 0) is 18.4 Å². The number of aromatic amines is 1. The number of carbonyl (C=O) groups is 1. The summed E-state index contributed by atoms with van der Waals surface area (Å²) in [5.74, 6) is 0.508. The number of aryl methyl sites for hydroxylation is 1. The lowest BCUT2D eigenvalue weighted by molar-refractivity contribution is -0.122. The van der Waals surface area contributed by atoms with Crippen LogP contribution in [0.2, 0.25) is 0 Å². The van der Waals surface area contributed by atoms with E-state index < -0.39 is 0 Å². The first-order chi connectivity index (χ1) is 13.6. The summed E-state index contributed by atoms with van der Waals surface area (Å²) in [5.41, 5.74) is 2.37. The molecule has 1 aliphatic rings. The van der Waals surface area contributed by atoms with Crippen molar-refractivity contribution < 1.29 is 9.90 Å². The molecule has 7 nitrogen and oxygen atoms in total. The molecule has 0 spiro atoms. The molecule has 0 bridgehead atoms. The number of hydrogen-bond donors (Lipinski definition) is 2. The van der Waals surface area contributed by atoms with E-state index in [0.717, 1.165) is 38.2 Å². The summed E-state index contributed by atoms with van der Waals surface area (Å²) < 4.78 is 1.63. The smallest absolute Gasteiger partial charge is 0.290 e. The molecule has 0 radical (unpaired) electrons. The summed E-state index contributed by atoms with van der Waals surface area (Å²) in [6.07, 6.45) is 5.90. The van der Waals surface area contributed by atoms with E-state index in [0.29, 0.717) is 5.92 Å². The molecule has 0 unspecified atom stereocenters. The second-order valence-corrected chi connectivity index (χ2v) is 7.97. The van der Waals surface area contributed by atoms with Crippen molar-refractivity contribution in [1.82, 2.24) is 19.7 Å². The third kappa shape index (κ3) is 4.96. The second-order valence-electron chi connectivity index (χ2n) is 6.80. The van der Waals surface area contributed by atoms with E-state index in [1.807, 2.05) is 23.6 Å². The first-order valence-electron chi connectivity index (χ1n) is 9.16. The molecule has 0 amide bonds. The molecule has 1 aliphatic heterocycles. The molecule has 3 aromatic rings. The highest BCUT2D eigenvalue weighted by Crippen LogP contribution is 2.30. The summed E-state index contributed by atoms with van der Waals surface area (Å²) in [4.78, 5) is 25.3. The van der Waals surface area contributed by atoms with Crippen LogP contribution in [0.5, 0.6) is 0 Å². The van der Waals surface area contributed by atoms with Crippen molar-refractivity contribution in [2.24, 2.45) is 7.05 Å². The quantitative estimate of drug-likeness (QED) is 0.657. The zero-order valence-electron chi connectivity index (χ0n) is 15.7.